The lowest BCUT2D eigenvalue weighted by molar-refractivity contribution is 0.0171. The summed E-state index contributed by atoms with van der Waals surface area (Å²) < 4.78 is 5.21. The van der Waals surface area contributed by atoms with E-state index in [-0.39, 0.29) is 0 Å². The summed E-state index contributed by atoms with van der Waals surface area (Å²) in [4.78, 5) is 0. The zero-order valence-corrected chi connectivity index (χ0v) is 7.18. The van der Waals surface area contributed by atoms with Crippen molar-refractivity contribution in [2.24, 2.45) is 0 Å². The molecule has 3 nitrogen and oxygen atoms in total. The molecule has 11 heavy (non-hydrogen) atoms. The number of hydrogen-bond acceptors (Lipinski definition) is 3. The molecular formula is C8H17N2O. The van der Waals surface area contributed by atoms with E-state index in [9.17, 15) is 0 Å². The zero-order valence-electron chi connectivity index (χ0n) is 7.18. The molecule has 3 heteroatoms. The van der Waals surface area contributed by atoms with Crippen molar-refractivity contribution >= 4 is 0 Å². The Hall–Kier alpha value is -0.120. The molecule has 0 amide bonds. The van der Waals surface area contributed by atoms with Crippen LogP contribution in [-0.2, 0) is 4.74 Å². The third kappa shape index (κ3) is 3.70. The molecule has 1 saturated heterocycles. The Labute approximate surface area is 68.7 Å². The molecule has 1 N–H and O–H groups in total. The number of ether oxygens (including phenoxy) is 1. The van der Waals surface area contributed by atoms with Crippen molar-refractivity contribution in [1.29, 1.82) is 0 Å². The van der Waals surface area contributed by atoms with E-state index in [1.54, 1.807) is 0 Å². The van der Waals surface area contributed by atoms with Crippen molar-refractivity contribution in [3.8, 4) is 0 Å². The maximum absolute atomic E-state index is 5.21. The van der Waals surface area contributed by atoms with Crippen LogP contribution in [0.1, 0.15) is 19.8 Å². The van der Waals surface area contributed by atoms with Crippen LogP contribution in [0, 0.1) is 6.54 Å². The first-order valence-corrected chi connectivity index (χ1v) is 4.34. The molecule has 1 heterocycles. The molecule has 0 aromatic carbocycles. The fourth-order valence-electron chi connectivity index (χ4n) is 1.03. The van der Waals surface area contributed by atoms with Gasteiger partial charge in [-0.3, -0.25) is 5.43 Å². The van der Waals surface area contributed by atoms with Crippen LogP contribution in [0.2, 0.25) is 0 Å². The second-order valence-electron chi connectivity index (χ2n) is 2.72. The van der Waals surface area contributed by atoms with Crippen LogP contribution in [0.25, 0.3) is 0 Å². The van der Waals surface area contributed by atoms with E-state index in [0.717, 1.165) is 32.7 Å². The number of unbranched alkanes of at least 4 members (excludes halogenated alkanes) is 1. The van der Waals surface area contributed by atoms with Crippen molar-refractivity contribution in [2.45, 2.75) is 19.8 Å². The second kappa shape index (κ2) is 5.52. The molecule has 0 aromatic rings. The summed E-state index contributed by atoms with van der Waals surface area (Å²) in [5.41, 5.74) is 3.25. The SMILES string of the molecule is CCC[CH]NN1CCOCC1. The highest BCUT2D eigenvalue weighted by Gasteiger charge is 2.07. The van der Waals surface area contributed by atoms with Crippen LogP contribution < -0.4 is 5.43 Å². The van der Waals surface area contributed by atoms with Gasteiger partial charge >= 0.3 is 0 Å². The van der Waals surface area contributed by atoms with E-state index in [4.69, 9.17) is 4.74 Å². The van der Waals surface area contributed by atoms with E-state index in [1.165, 1.54) is 6.42 Å². The summed E-state index contributed by atoms with van der Waals surface area (Å²) in [5.74, 6) is 0. The van der Waals surface area contributed by atoms with Gasteiger partial charge in [0.15, 0.2) is 0 Å². The van der Waals surface area contributed by atoms with Crippen LogP contribution in [0.4, 0.5) is 0 Å². The van der Waals surface area contributed by atoms with Gasteiger partial charge in [0.05, 0.1) is 13.2 Å². The molecule has 1 fully saturated rings. The Bertz CT molecular complexity index is 92.1. The Kier molecular flexibility index (Phi) is 4.50. The monoisotopic (exact) mass is 157 g/mol. The molecule has 0 spiro atoms. The highest BCUT2D eigenvalue weighted by Crippen LogP contribution is 1.95. The minimum absolute atomic E-state index is 0.854. The van der Waals surface area contributed by atoms with E-state index >= 15 is 0 Å². The quantitative estimate of drug-likeness (QED) is 0.610. The van der Waals surface area contributed by atoms with Gasteiger partial charge in [-0.2, -0.15) is 0 Å². The van der Waals surface area contributed by atoms with Crippen molar-refractivity contribution in [3.63, 3.8) is 0 Å². The minimum atomic E-state index is 0.854. The van der Waals surface area contributed by atoms with Crippen molar-refractivity contribution in [1.82, 2.24) is 10.4 Å². The van der Waals surface area contributed by atoms with Crippen LogP contribution in [-0.4, -0.2) is 31.3 Å². The average Bonchev–Trinajstić information content (AvgIpc) is 2.07. The van der Waals surface area contributed by atoms with Gasteiger partial charge < -0.3 is 4.74 Å². The minimum Gasteiger partial charge on any atom is -0.379 e. The zero-order chi connectivity index (χ0) is 7.94. The largest absolute Gasteiger partial charge is 0.379 e. The molecule has 0 unspecified atom stereocenters. The summed E-state index contributed by atoms with van der Waals surface area (Å²) in [5, 5.41) is 2.19. The van der Waals surface area contributed by atoms with Gasteiger partial charge in [-0.25, -0.2) is 5.01 Å². The summed E-state index contributed by atoms with van der Waals surface area (Å²) in [6, 6.07) is 0. The maximum atomic E-state index is 5.21. The van der Waals surface area contributed by atoms with Crippen molar-refractivity contribution in [3.05, 3.63) is 6.54 Å². The van der Waals surface area contributed by atoms with Gasteiger partial charge in [0, 0.05) is 19.6 Å². The predicted molar refractivity (Wildman–Crippen MR) is 44.7 cm³/mol. The Morgan fingerprint density at radius 1 is 1.45 bits per heavy atom. The number of nitrogens with zero attached hydrogens (tertiary/aromatic N) is 1. The molecule has 1 aliphatic rings. The van der Waals surface area contributed by atoms with E-state index in [0.29, 0.717) is 0 Å². The number of hydrazine groups is 1. The van der Waals surface area contributed by atoms with Gasteiger partial charge in [-0.15, -0.1) is 0 Å². The molecule has 0 aromatic heterocycles. The second-order valence-corrected chi connectivity index (χ2v) is 2.72. The third-order valence-corrected chi connectivity index (χ3v) is 1.72. The molecule has 0 bridgehead atoms. The lowest BCUT2D eigenvalue weighted by Gasteiger charge is -2.26. The molecule has 1 radical (unpaired) electrons. The number of nitrogens with one attached hydrogen (secondary N) is 1. The Morgan fingerprint density at radius 2 is 2.18 bits per heavy atom. The van der Waals surface area contributed by atoms with Gasteiger partial charge in [0.1, 0.15) is 0 Å². The Morgan fingerprint density at radius 3 is 2.82 bits per heavy atom. The summed E-state index contributed by atoms with van der Waals surface area (Å²) in [7, 11) is 0. The first kappa shape index (κ1) is 8.97. The Balaban J connectivity index is 1.96. The average molecular weight is 157 g/mol. The maximum Gasteiger partial charge on any atom is 0.0608 e. The standard InChI is InChI=1S/C8H17N2O/c1-2-3-4-9-10-5-7-11-8-6-10/h4,9H,2-3,5-8H2,1H3. The van der Waals surface area contributed by atoms with Crippen LogP contribution in [0.15, 0.2) is 0 Å². The first-order chi connectivity index (χ1) is 5.43. The van der Waals surface area contributed by atoms with Crippen molar-refractivity contribution < 1.29 is 4.74 Å². The summed E-state index contributed by atoms with van der Waals surface area (Å²) >= 11 is 0. The molecule has 65 valence electrons. The van der Waals surface area contributed by atoms with Crippen LogP contribution in [0.3, 0.4) is 0 Å². The van der Waals surface area contributed by atoms with Crippen LogP contribution in [0.5, 0.6) is 0 Å². The fraction of sp³-hybridized carbons (Fsp3) is 0.875. The molecule has 1 aliphatic heterocycles. The van der Waals surface area contributed by atoms with Crippen molar-refractivity contribution in [2.75, 3.05) is 26.3 Å². The fourth-order valence-corrected chi connectivity index (χ4v) is 1.03. The summed E-state index contributed by atoms with van der Waals surface area (Å²) in [6.45, 7) is 8.00. The topological polar surface area (TPSA) is 24.5 Å². The number of rotatable bonds is 4. The summed E-state index contributed by atoms with van der Waals surface area (Å²) in [6.07, 6.45) is 2.34. The van der Waals surface area contributed by atoms with Gasteiger partial charge in [0.2, 0.25) is 0 Å². The molecule has 0 atom stereocenters. The van der Waals surface area contributed by atoms with Crippen LogP contribution >= 0.6 is 0 Å². The molecular weight excluding hydrogens is 140 g/mol. The van der Waals surface area contributed by atoms with E-state index < -0.39 is 0 Å². The van der Waals surface area contributed by atoms with Gasteiger partial charge in [-0.1, -0.05) is 13.3 Å². The van der Waals surface area contributed by atoms with Gasteiger partial charge in [-0.05, 0) is 6.42 Å². The van der Waals surface area contributed by atoms with E-state index in [2.05, 4.69) is 23.9 Å². The lowest BCUT2D eigenvalue weighted by Crippen LogP contribution is -2.44. The molecule has 1 rings (SSSR count). The highest BCUT2D eigenvalue weighted by molar-refractivity contribution is 4.63. The van der Waals surface area contributed by atoms with E-state index in [1.807, 2.05) is 0 Å². The third-order valence-electron chi connectivity index (χ3n) is 1.72. The molecule has 0 saturated carbocycles. The number of morpholine rings is 1. The lowest BCUT2D eigenvalue weighted by atomic mass is 10.3. The smallest absolute Gasteiger partial charge is 0.0608 e. The molecule has 0 aliphatic carbocycles. The number of hydrogen-bond donors (Lipinski definition) is 1. The highest BCUT2D eigenvalue weighted by atomic mass is 16.5. The first-order valence-electron chi connectivity index (χ1n) is 4.34. The van der Waals surface area contributed by atoms with Gasteiger partial charge in [0.25, 0.3) is 0 Å². The predicted octanol–water partition coefficient (Wildman–Crippen LogP) is 0.785. The normalized spacial score (nSPS) is 20.5.